The minimum absolute atomic E-state index is 0.0617. The number of aromatic nitrogens is 1. The summed E-state index contributed by atoms with van der Waals surface area (Å²) in [5, 5.41) is 10.9. The van der Waals surface area contributed by atoms with Crippen molar-refractivity contribution in [3.63, 3.8) is 0 Å². The fourth-order valence-corrected chi connectivity index (χ4v) is 4.69. The van der Waals surface area contributed by atoms with Crippen molar-refractivity contribution in [1.29, 1.82) is 0 Å². The molecule has 1 aromatic heterocycles. The molecule has 29 heavy (non-hydrogen) atoms. The second kappa shape index (κ2) is 7.24. The van der Waals surface area contributed by atoms with Gasteiger partial charge in [0.25, 0.3) is 0 Å². The van der Waals surface area contributed by atoms with E-state index in [0.29, 0.717) is 28.8 Å². The van der Waals surface area contributed by atoms with E-state index in [9.17, 15) is 9.59 Å². The van der Waals surface area contributed by atoms with Crippen LogP contribution in [0.5, 0.6) is 0 Å². The van der Waals surface area contributed by atoms with Gasteiger partial charge in [-0.2, -0.15) is 0 Å². The highest BCUT2D eigenvalue weighted by Crippen LogP contribution is 2.50. The Kier molecular flexibility index (Phi) is 4.56. The van der Waals surface area contributed by atoms with Crippen molar-refractivity contribution in [2.45, 2.75) is 0 Å². The van der Waals surface area contributed by atoms with Gasteiger partial charge >= 0.3 is 6.03 Å². The number of nitrogens with one attached hydrogen (secondary N) is 3. The fourth-order valence-electron chi connectivity index (χ4n) is 4.33. The Bertz CT molecular complexity index is 1120. The summed E-state index contributed by atoms with van der Waals surface area (Å²) in [6.07, 6.45) is 3.45. The number of hydrogen-bond acceptors (Lipinski definition) is 4. The number of Topliss-reactive ketones (excluding diaryl/α,β-unsaturated/α-hetero) is 1. The third-order valence-electron chi connectivity index (χ3n) is 5.82. The fraction of sp³-hybridized carbons (Fsp3) is 0.227. The van der Waals surface area contributed by atoms with E-state index in [2.05, 4.69) is 36.9 Å². The van der Waals surface area contributed by atoms with Gasteiger partial charge in [0, 0.05) is 39.1 Å². The van der Waals surface area contributed by atoms with Crippen molar-refractivity contribution in [1.82, 2.24) is 10.3 Å². The van der Waals surface area contributed by atoms with Gasteiger partial charge in [0.05, 0.1) is 11.4 Å². The molecule has 2 fully saturated rings. The first-order valence-electron chi connectivity index (χ1n) is 9.57. The Labute approximate surface area is 176 Å². The normalized spacial score (nSPS) is 22.2. The maximum absolute atomic E-state index is 13.0. The third-order valence-corrected chi connectivity index (χ3v) is 6.31. The SMILES string of the molecule is O=C(Nc1cc(Br)ccc1C(=O)C1C2CNCC21)Nc1cccc2cnccc12. The van der Waals surface area contributed by atoms with Crippen molar-refractivity contribution in [3.8, 4) is 0 Å². The first-order chi connectivity index (χ1) is 14.1. The summed E-state index contributed by atoms with van der Waals surface area (Å²) < 4.78 is 0.804. The van der Waals surface area contributed by atoms with Crippen molar-refractivity contribution in [2.24, 2.45) is 17.8 Å². The number of piperidine rings is 1. The minimum Gasteiger partial charge on any atom is -0.316 e. The Balaban J connectivity index is 1.38. The summed E-state index contributed by atoms with van der Waals surface area (Å²) in [7, 11) is 0. The topological polar surface area (TPSA) is 83.1 Å². The lowest BCUT2D eigenvalue weighted by Gasteiger charge is -2.14. The van der Waals surface area contributed by atoms with Gasteiger partial charge in [-0.15, -0.1) is 0 Å². The van der Waals surface area contributed by atoms with E-state index in [1.54, 1.807) is 24.5 Å². The number of benzene rings is 2. The van der Waals surface area contributed by atoms with Crippen LogP contribution in [-0.2, 0) is 0 Å². The summed E-state index contributed by atoms with van der Waals surface area (Å²) >= 11 is 3.44. The minimum atomic E-state index is -0.390. The van der Waals surface area contributed by atoms with Gasteiger partial charge < -0.3 is 16.0 Å². The molecule has 1 aliphatic heterocycles. The van der Waals surface area contributed by atoms with Gasteiger partial charge in [0.15, 0.2) is 5.78 Å². The van der Waals surface area contributed by atoms with Gasteiger partial charge in [0.2, 0.25) is 0 Å². The van der Waals surface area contributed by atoms with Gasteiger partial charge in [-0.25, -0.2) is 4.79 Å². The van der Waals surface area contributed by atoms with Crippen LogP contribution in [0.2, 0.25) is 0 Å². The van der Waals surface area contributed by atoms with Crippen molar-refractivity contribution < 1.29 is 9.59 Å². The van der Waals surface area contributed by atoms with Gasteiger partial charge in [-0.1, -0.05) is 28.1 Å². The van der Waals surface area contributed by atoms with E-state index in [0.717, 1.165) is 28.3 Å². The maximum Gasteiger partial charge on any atom is 0.323 e. The molecule has 146 valence electrons. The van der Waals surface area contributed by atoms with Crippen molar-refractivity contribution in [2.75, 3.05) is 23.7 Å². The molecule has 0 radical (unpaired) electrons. The van der Waals surface area contributed by atoms with Crippen LogP contribution in [0.3, 0.4) is 0 Å². The highest BCUT2D eigenvalue weighted by atomic mass is 79.9. The van der Waals surface area contributed by atoms with E-state index >= 15 is 0 Å². The molecule has 1 saturated heterocycles. The van der Waals surface area contributed by atoms with Crippen LogP contribution in [0, 0.1) is 17.8 Å². The van der Waals surface area contributed by atoms with Gasteiger partial charge in [-0.05, 0) is 55.3 Å². The summed E-state index contributed by atoms with van der Waals surface area (Å²) in [5.41, 5.74) is 1.76. The second-order valence-corrected chi connectivity index (χ2v) is 8.46. The quantitative estimate of drug-likeness (QED) is 0.517. The highest BCUT2D eigenvalue weighted by molar-refractivity contribution is 9.10. The van der Waals surface area contributed by atoms with Crippen molar-refractivity contribution in [3.05, 3.63) is 64.9 Å². The Morgan fingerprint density at radius 1 is 1.03 bits per heavy atom. The largest absolute Gasteiger partial charge is 0.323 e. The van der Waals surface area contributed by atoms with Crippen LogP contribution in [0.1, 0.15) is 10.4 Å². The Morgan fingerprint density at radius 2 is 1.83 bits per heavy atom. The standard InChI is InChI=1S/C22H19BrN4O2/c23-13-4-5-15(21(28)20-16-10-25-11-17(16)20)19(8-13)27-22(29)26-18-3-1-2-12-9-24-7-6-14(12)18/h1-9,16-17,20,25H,10-11H2,(H2,26,27,29). The van der Waals surface area contributed by atoms with E-state index in [1.807, 2.05) is 30.3 Å². The first-order valence-corrected chi connectivity index (χ1v) is 10.4. The van der Waals surface area contributed by atoms with Crippen molar-refractivity contribution >= 4 is 49.9 Å². The molecule has 0 bridgehead atoms. The molecule has 3 N–H and O–H groups in total. The zero-order valence-corrected chi connectivity index (χ0v) is 17.1. The summed E-state index contributed by atoms with van der Waals surface area (Å²) in [5.74, 6) is 1.03. The number of hydrogen-bond donors (Lipinski definition) is 3. The molecular formula is C22H19BrN4O2. The maximum atomic E-state index is 13.0. The van der Waals surface area contributed by atoms with E-state index in [-0.39, 0.29) is 17.7 Å². The van der Waals surface area contributed by atoms with Crippen LogP contribution < -0.4 is 16.0 Å². The molecule has 2 heterocycles. The number of carbonyl (C=O) groups is 2. The molecule has 2 aromatic carbocycles. The third kappa shape index (κ3) is 3.41. The number of fused-ring (bicyclic) bond motifs is 2. The van der Waals surface area contributed by atoms with Gasteiger partial charge in [-0.3, -0.25) is 9.78 Å². The number of rotatable bonds is 4. The number of amides is 2. The molecule has 6 nitrogen and oxygen atoms in total. The lowest BCUT2D eigenvalue weighted by molar-refractivity contribution is 0.0954. The zero-order valence-electron chi connectivity index (χ0n) is 15.5. The molecule has 3 aromatic rings. The zero-order chi connectivity index (χ0) is 20.0. The lowest BCUT2D eigenvalue weighted by atomic mass is 10.0. The number of anilines is 2. The lowest BCUT2D eigenvalue weighted by Crippen LogP contribution is -2.23. The summed E-state index contributed by atoms with van der Waals surface area (Å²) in [6.45, 7) is 1.80. The monoisotopic (exact) mass is 450 g/mol. The molecular weight excluding hydrogens is 432 g/mol. The molecule has 0 spiro atoms. The second-order valence-electron chi connectivity index (χ2n) is 7.55. The molecule has 2 amide bonds. The van der Waals surface area contributed by atoms with Crippen LogP contribution in [0.25, 0.3) is 10.8 Å². The number of nitrogens with zero attached hydrogens (tertiary/aromatic N) is 1. The van der Waals surface area contributed by atoms with Crippen LogP contribution in [-0.4, -0.2) is 29.9 Å². The molecule has 2 atom stereocenters. The molecule has 2 aliphatic rings. The van der Waals surface area contributed by atoms with Crippen LogP contribution in [0.4, 0.5) is 16.2 Å². The number of ketones is 1. The Morgan fingerprint density at radius 3 is 2.66 bits per heavy atom. The number of carbonyl (C=O) groups excluding carboxylic acids is 2. The first kappa shape index (κ1) is 18.3. The highest BCUT2D eigenvalue weighted by Gasteiger charge is 2.56. The molecule has 7 heteroatoms. The van der Waals surface area contributed by atoms with E-state index in [1.165, 1.54) is 0 Å². The summed E-state index contributed by atoms with van der Waals surface area (Å²) in [4.78, 5) is 29.9. The predicted molar refractivity (Wildman–Crippen MR) is 116 cm³/mol. The summed E-state index contributed by atoms with van der Waals surface area (Å²) in [6, 6.07) is 12.5. The average Bonchev–Trinajstić information content (AvgIpc) is 3.19. The number of urea groups is 1. The predicted octanol–water partition coefficient (Wildman–Crippen LogP) is 4.29. The smallest absolute Gasteiger partial charge is 0.316 e. The molecule has 1 saturated carbocycles. The van der Waals surface area contributed by atoms with Gasteiger partial charge in [0.1, 0.15) is 0 Å². The Hall–Kier alpha value is -2.77. The molecule has 2 unspecified atom stereocenters. The average molecular weight is 451 g/mol. The van der Waals surface area contributed by atoms with E-state index in [4.69, 9.17) is 0 Å². The molecule has 1 aliphatic carbocycles. The number of pyridine rings is 1. The van der Waals surface area contributed by atoms with Crippen LogP contribution in [0.15, 0.2) is 59.3 Å². The van der Waals surface area contributed by atoms with Crippen LogP contribution >= 0.6 is 15.9 Å². The molecule has 5 rings (SSSR count). The van der Waals surface area contributed by atoms with E-state index < -0.39 is 0 Å². The number of halogens is 1.